The van der Waals surface area contributed by atoms with E-state index in [9.17, 15) is 12.3 Å². The van der Waals surface area contributed by atoms with Crippen LogP contribution in [-0.4, -0.2) is 0 Å². The topological polar surface area (TPSA) is 0 Å². The lowest BCUT2D eigenvalue weighted by molar-refractivity contribution is 1.62. The fourth-order valence-corrected chi connectivity index (χ4v) is 6.49. The highest BCUT2D eigenvalue weighted by Gasteiger charge is 2.19. The van der Waals surface area contributed by atoms with Crippen molar-refractivity contribution in [2.75, 3.05) is 0 Å². The van der Waals surface area contributed by atoms with Crippen molar-refractivity contribution in [3.63, 3.8) is 0 Å². The van der Waals surface area contributed by atoms with E-state index in [1.807, 2.05) is 42.5 Å². The summed E-state index contributed by atoms with van der Waals surface area (Å²) < 4.78 is 191. The summed E-state index contributed by atoms with van der Waals surface area (Å²) in [5, 5.41) is -1.74. The highest BCUT2D eigenvalue weighted by molar-refractivity contribution is 6.24. The molecular formula is C50H32. The Bertz CT molecular complexity index is 4100. The van der Waals surface area contributed by atoms with Gasteiger partial charge in [0.05, 0.1) is 28.8 Å². The number of hydrogen-bond acceptors (Lipinski definition) is 0. The standard InChI is InChI=1S/C50H32/c1-3-13-38-30-40(26-22-33(38)10-1)35-20-24-37(25-21-35)49-45-17-7-8-18-46(45)50(44-19-9-15-36-12-5-6-16-43(36)44)48-32-42(28-29-47(48)49)41-27-23-34-11-2-4-14-39(34)31-41/h1-32H/i2D,4D,5D,6D,7D,8D,9D,11D,12D,14D,15D,16D,17D,18D,19D,23D,27D,28D,29D,31D,32D. The van der Waals surface area contributed by atoms with E-state index in [-0.39, 0.29) is 21.9 Å². The molecule has 50 heavy (non-hydrogen) atoms. The number of hydrogen-bond donors (Lipinski definition) is 0. The van der Waals surface area contributed by atoms with Gasteiger partial charge >= 0.3 is 0 Å². The molecule has 0 fully saturated rings. The van der Waals surface area contributed by atoms with Crippen molar-refractivity contribution in [3.8, 4) is 44.5 Å². The second kappa shape index (κ2) is 11.6. The molecule has 0 unspecified atom stereocenters. The van der Waals surface area contributed by atoms with Gasteiger partial charge in [0.1, 0.15) is 0 Å². The summed E-state index contributed by atoms with van der Waals surface area (Å²) in [6.45, 7) is 0. The fraction of sp³-hybridized carbons (Fsp3) is 0. The van der Waals surface area contributed by atoms with Gasteiger partial charge in [-0.3, -0.25) is 0 Å². The zero-order chi connectivity index (χ0) is 51.3. The molecule has 0 heterocycles. The Morgan fingerprint density at radius 2 is 0.900 bits per heavy atom. The summed E-state index contributed by atoms with van der Waals surface area (Å²) in [5.74, 6) is 0. The van der Waals surface area contributed by atoms with Crippen molar-refractivity contribution in [2.45, 2.75) is 0 Å². The minimum absolute atomic E-state index is 0.110. The zero-order valence-electron chi connectivity index (χ0n) is 46.9. The lowest BCUT2D eigenvalue weighted by Gasteiger charge is -2.20. The van der Waals surface area contributed by atoms with Gasteiger partial charge in [-0.05, 0) is 117 Å². The van der Waals surface area contributed by atoms with Crippen molar-refractivity contribution >= 4 is 53.9 Å². The molecule has 0 bridgehead atoms. The first-order valence-electron chi connectivity index (χ1n) is 26.1. The van der Waals surface area contributed by atoms with Gasteiger partial charge in [-0.1, -0.05) is 175 Å². The molecule has 0 aliphatic heterocycles. The summed E-state index contributed by atoms with van der Waals surface area (Å²) >= 11 is 0. The van der Waals surface area contributed by atoms with Crippen LogP contribution in [0.5, 0.6) is 0 Å². The Hall–Kier alpha value is -6.50. The molecule has 0 amide bonds. The third-order valence-corrected chi connectivity index (χ3v) is 8.82. The van der Waals surface area contributed by atoms with Crippen LogP contribution >= 0.6 is 0 Å². The van der Waals surface area contributed by atoms with Gasteiger partial charge in [-0.15, -0.1) is 0 Å². The molecule has 0 aromatic heterocycles. The molecule has 0 radical (unpaired) electrons. The van der Waals surface area contributed by atoms with Gasteiger partial charge in [0.15, 0.2) is 0 Å². The average Bonchev–Trinajstić information content (AvgIpc) is 3.36. The molecule has 232 valence electrons. The van der Waals surface area contributed by atoms with Gasteiger partial charge in [0, 0.05) is 0 Å². The second-order valence-electron chi connectivity index (χ2n) is 11.6. The monoisotopic (exact) mass is 653 g/mol. The van der Waals surface area contributed by atoms with Crippen LogP contribution in [0.25, 0.3) is 98.4 Å². The average molecular weight is 654 g/mol. The Morgan fingerprint density at radius 1 is 0.300 bits per heavy atom. The van der Waals surface area contributed by atoms with Crippen LogP contribution in [0.4, 0.5) is 0 Å². The molecule has 0 nitrogen and oxygen atoms in total. The van der Waals surface area contributed by atoms with Gasteiger partial charge < -0.3 is 0 Å². The van der Waals surface area contributed by atoms with E-state index in [1.165, 1.54) is 0 Å². The molecule has 0 aliphatic rings. The van der Waals surface area contributed by atoms with Gasteiger partial charge in [-0.2, -0.15) is 0 Å². The molecule has 0 saturated heterocycles. The number of fused-ring (bicyclic) bond motifs is 5. The lowest BCUT2D eigenvalue weighted by Crippen LogP contribution is -1.92. The maximum atomic E-state index is 10.2. The third kappa shape index (κ3) is 4.69. The molecule has 10 aromatic rings. The first-order valence-corrected chi connectivity index (χ1v) is 15.6. The predicted molar refractivity (Wildman–Crippen MR) is 216 cm³/mol. The zero-order valence-corrected chi connectivity index (χ0v) is 25.9. The van der Waals surface area contributed by atoms with Gasteiger partial charge in [0.25, 0.3) is 0 Å². The first kappa shape index (κ1) is 14.5. The number of rotatable bonds is 4. The molecule has 0 spiro atoms. The van der Waals surface area contributed by atoms with E-state index < -0.39 is 181 Å². The highest BCUT2D eigenvalue weighted by atomic mass is 14.2. The van der Waals surface area contributed by atoms with Crippen LogP contribution in [-0.2, 0) is 0 Å². The lowest BCUT2D eigenvalue weighted by atomic mass is 9.83. The quantitative estimate of drug-likeness (QED) is 0.166. The Labute approximate surface area is 321 Å². The van der Waals surface area contributed by atoms with E-state index >= 15 is 0 Å². The summed E-state index contributed by atoms with van der Waals surface area (Å²) in [5.41, 5.74) is -0.870. The molecule has 0 saturated carbocycles. The summed E-state index contributed by atoms with van der Waals surface area (Å²) in [6, 6.07) is 3.59. The maximum absolute atomic E-state index is 10.2. The van der Waals surface area contributed by atoms with Crippen LogP contribution in [0.3, 0.4) is 0 Å². The van der Waals surface area contributed by atoms with Crippen LogP contribution in [0.15, 0.2) is 194 Å². The SMILES string of the molecule is [2H]c1c([2H])c([2H])c2c([2H])c(-c3c([2H])c([2H])c4c(-c5ccc(-c6ccc7ccccc7c6)cc5)c5c([2H])c([2H])c([2H])c([2H])c5c(-c5c([2H])c([2H])c([2H])c6c([2H])c([2H])c([2H])c([2H])c56)c4c3[2H])c([2H])c([2H])c2c1[2H]. The second-order valence-corrected chi connectivity index (χ2v) is 11.6. The van der Waals surface area contributed by atoms with Crippen molar-refractivity contribution in [3.05, 3.63) is 194 Å². The van der Waals surface area contributed by atoms with Crippen LogP contribution in [0.2, 0.25) is 0 Å². The fourth-order valence-electron chi connectivity index (χ4n) is 6.49. The number of benzene rings is 10. The third-order valence-electron chi connectivity index (χ3n) is 8.82. The minimum Gasteiger partial charge on any atom is -0.0616 e. The predicted octanol–water partition coefficient (Wildman–Crippen LogP) is 14.1. The summed E-state index contributed by atoms with van der Waals surface area (Å²) in [6.07, 6.45) is 0. The highest BCUT2D eigenvalue weighted by Crippen LogP contribution is 2.46. The molecule has 0 aliphatic carbocycles. The van der Waals surface area contributed by atoms with E-state index in [4.69, 9.17) is 16.4 Å². The molecule has 0 atom stereocenters. The molecule has 10 aromatic carbocycles. The first-order chi connectivity index (χ1) is 33.5. The van der Waals surface area contributed by atoms with Crippen molar-refractivity contribution in [2.24, 2.45) is 0 Å². The van der Waals surface area contributed by atoms with E-state index in [1.54, 1.807) is 24.3 Å². The van der Waals surface area contributed by atoms with E-state index in [2.05, 4.69) is 0 Å². The van der Waals surface area contributed by atoms with Crippen LogP contribution in [0, 0.1) is 0 Å². The van der Waals surface area contributed by atoms with Gasteiger partial charge in [-0.25, -0.2) is 0 Å². The molecular weight excluding hydrogens is 601 g/mol. The maximum Gasteiger partial charge on any atom is 0.0636 e. The Balaban J connectivity index is 1.48. The van der Waals surface area contributed by atoms with E-state index in [0.29, 0.717) is 5.56 Å². The van der Waals surface area contributed by atoms with Crippen LogP contribution in [0.1, 0.15) is 28.8 Å². The van der Waals surface area contributed by atoms with Crippen molar-refractivity contribution in [1.82, 2.24) is 0 Å². The van der Waals surface area contributed by atoms with Crippen LogP contribution < -0.4 is 0 Å². The largest absolute Gasteiger partial charge is 0.0636 e. The normalized spacial score (nSPS) is 17.5. The summed E-state index contributed by atoms with van der Waals surface area (Å²) in [4.78, 5) is 0. The van der Waals surface area contributed by atoms with Crippen molar-refractivity contribution < 1.29 is 28.8 Å². The van der Waals surface area contributed by atoms with Crippen molar-refractivity contribution in [1.29, 1.82) is 0 Å². The molecule has 0 heteroatoms. The van der Waals surface area contributed by atoms with Gasteiger partial charge in [0.2, 0.25) is 0 Å². The Kier molecular flexibility index (Phi) is 3.37. The smallest absolute Gasteiger partial charge is 0.0616 e. The molecule has 0 N–H and O–H groups in total. The Morgan fingerprint density at radius 3 is 1.74 bits per heavy atom. The minimum atomic E-state index is -0.868. The molecule has 10 rings (SSSR count). The van der Waals surface area contributed by atoms with E-state index in [0.717, 1.165) is 16.3 Å². The summed E-state index contributed by atoms with van der Waals surface area (Å²) in [7, 11) is 0.